The Morgan fingerprint density at radius 2 is 1.88 bits per heavy atom. The van der Waals surface area contributed by atoms with E-state index < -0.39 is 0 Å². The molecule has 1 aliphatic rings. The van der Waals surface area contributed by atoms with Gasteiger partial charge >= 0.3 is 0 Å². The molecule has 0 aromatic heterocycles. The van der Waals surface area contributed by atoms with Gasteiger partial charge in [0.25, 0.3) is 0 Å². The van der Waals surface area contributed by atoms with Crippen molar-refractivity contribution < 1.29 is 9.90 Å². The molecule has 24 heavy (non-hydrogen) atoms. The van der Waals surface area contributed by atoms with Gasteiger partial charge in [0.05, 0.1) is 0 Å². The summed E-state index contributed by atoms with van der Waals surface area (Å²) in [6.07, 6.45) is 1.49. The van der Waals surface area contributed by atoms with E-state index >= 15 is 0 Å². The summed E-state index contributed by atoms with van der Waals surface area (Å²) in [6, 6.07) is 17.7. The van der Waals surface area contributed by atoms with Gasteiger partial charge in [-0.2, -0.15) is 0 Å². The Kier molecular flexibility index (Phi) is 5.54. The van der Waals surface area contributed by atoms with Gasteiger partial charge in [0.2, 0.25) is 5.91 Å². The maximum Gasteiger partial charge on any atom is 0.223 e. The minimum atomic E-state index is 0.00968. The third kappa shape index (κ3) is 3.97. The molecule has 2 N–H and O–H groups in total. The molecule has 0 spiro atoms. The van der Waals surface area contributed by atoms with Crippen molar-refractivity contribution in [2.75, 3.05) is 13.2 Å². The minimum Gasteiger partial charge on any atom is -0.396 e. The molecule has 126 valence electrons. The first-order valence-electron chi connectivity index (χ1n) is 8.38. The highest BCUT2D eigenvalue weighted by atomic mass is 35.5. The SMILES string of the molecule is O=C(NCC(CCO)c1ccccc1)C1CC1c1ccccc1Cl. The lowest BCUT2D eigenvalue weighted by atomic mass is 9.96. The predicted molar refractivity (Wildman–Crippen MR) is 96.2 cm³/mol. The van der Waals surface area contributed by atoms with Gasteiger partial charge in [-0.25, -0.2) is 0 Å². The van der Waals surface area contributed by atoms with E-state index in [-0.39, 0.29) is 30.3 Å². The van der Waals surface area contributed by atoms with Gasteiger partial charge in [-0.1, -0.05) is 60.1 Å². The highest BCUT2D eigenvalue weighted by molar-refractivity contribution is 6.31. The highest BCUT2D eigenvalue weighted by Crippen LogP contribution is 2.49. The standard InChI is InChI=1S/C20H22ClNO2/c21-19-9-5-4-8-16(19)17-12-18(17)20(24)22-13-15(10-11-23)14-6-2-1-3-7-14/h1-9,15,17-18,23H,10-13H2,(H,22,24). The Morgan fingerprint density at radius 3 is 2.58 bits per heavy atom. The fraction of sp³-hybridized carbons (Fsp3) is 0.350. The van der Waals surface area contributed by atoms with Crippen molar-refractivity contribution in [3.8, 4) is 0 Å². The molecule has 1 fully saturated rings. The van der Waals surface area contributed by atoms with Crippen LogP contribution in [0.15, 0.2) is 54.6 Å². The summed E-state index contributed by atoms with van der Waals surface area (Å²) in [5.74, 6) is 0.457. The number of benzene rings is 2. The van der Waals surface area contributed by atoms with Crippen LogP contribution in [0.2, 0.25) is 5.02 Å². The summed E-state index contributed by atoms with van der Waals surface area (Å²) in [5, 5.41) is 13.1. The zero-order valence-corrected chi connectivity index (χ0v) is 14.2. The summed E-state index contributed by atoms with van der Waals surface area (Å²) in [5.41, 5.74) is 2.21. The van der Waals surface area contributed by atoms with Gasteiger partial charge in [0.1, 0.15) is 0 Å². The molecule has 2 aromatic rings. The van der Waals surface area contributed by atoms with Crippen molar-refractivity contribution >= 4 is 17.5 Å². The number of aliphatic hydroxyl groups excluding tert-OH is 1. The molecule has 3 atom stereocenters. The molecule has 1 aliphatic carbocycles. The summed E-state index contributed by atoms with van der Waals surface area (Å²) >= 11 is 6.22. The summed E-state index contributed by atoms with van der Waals surface area (Å²) in [7, 11) is 0. The molecule has 0 aliphatic heterocycles. The molecule has 4 heteroatoms. The average Bonchev–Trinajstić information content (AvgIpc) is 3.40. The maximum absolute atomic E-state index is 12.4. The largest absolute Gasteiger partial charge is 0.396 e. The first-order chi connectivity index (χ1) is 11.7. The first-order valence-corrected chi connectivity index (χ1v) is 8.76. The number of carbonyl (C=O) groups is 1. The second-order valence-electron chi connectivity index (χ2n) is 6.34. The Bertz CT molecular complexity index is 689. The molecular formula is C20H22ClNO2. The van der Waals surface area contributed by atoms with E-state index in [0.717, 1.165) is 22.6 Å². The molecular weight excluding hydrogens is 322 g/mol. The Balaban J connectivity index is 1.57. The minimum absolute atomic E-state index is 0.00968. The Morgan fingerprint density at radius 1 is 1.17 bits per heavy atom. The van der Waals surface area contributed by atoms with Crippen LogP contribution in [-0.2, 0) is 4.79 Å². The normalized spacial score (nSPS) is 20.4. The van der Waals surface area contributed by atoms with E-state index in [1.165, 1.54) is 0 Å². The lowest BCUT2D eigenvalue weighted by molar-refractivity contribution is -0.122. The molecule has 3 nitrogen and oxygen atoms in total. The quantitative estimate of drug-likeness (QED) is 0.804. The number of halogens is 1. The predicted octanol–water partition coefficient (Wildman–Crippen LogP) is 3.73. The number of rotatable bonds is 7. The van der Waals surface area contributed by atoms with Crippen LogP contribution in [0.25, 0.3) is 0 Å². The average molecular weight is 344 g/mol. The monoisotopic (exact) mass is 343 g/mol. The van der Waals surface area contributed by atoms with Crippen LogP contribution in [-0.4, -0.2) is 24.2 Å². The van der Waals surface area contributed by atoms with E-state index in [1.807, 2.05) is 54.6 Å². The molecule has 1 amide bonds. The summed E-state index contributed by atoms with van der Waals surface area (Å²) < 4.78 is 0. The van der Waals surface area contributed by atoms with E-state index in [9.17, 15) is 9.90 Å². The van der Waals surface area contributed by atoms with Crippen molar-refractivity contribution in [3.63, 3.8) is 0 Å². The molecule has 0 heterocycles. The molecule has 1 saturated carbocycles. The van der Waals surface area contributed by atoms with Crippen LogP contribution >= 0.6 is 11.6 Å². The maximum atomic E-state index is 12.4. The number of hydrogen-bond acceptors (Lipinski definition) is 2. The third-order valence-corrected chi connectivity index (χ3v) is 5.05. The second-order valence-corrected chi connectivity index (χ2v) is 6.74. The van der Waals surface area contributed by atoms with Crippen molar-refractivity contribution in [1.82, 2.24) is 5.32 Å². The first kappa shape index (κ1) is 17.0. The number of carbonyl (C=O) groups excluding carboxylic acids is 1. The van der Waals surface area contributed by atoms with Gasteiger partial charge in [0.15, 0.2) is 0 Å². The van der Waals surface area contributed by atoms with Gasteiger partial charge < -0.3 is 10.4 Å². The summed E-state index contributed by atoms with van der Waals surface area (Å²) in [4.78, 5) is 12.4. The zero-order valence-electron chi connectivity index (χ0n) is 13.5. The van der Waals surface area contributed by atoms with Crippen LogP contribution in [0.1, 0.15) is 35.8 Å². The summed E-state index contributed by atoms with van der Waals surface area (Å²) in [6.45, 7) is 0.663. The third-order valence-electron chi connectivity index (χ3n) is 4.70. The van der Waals surface area contributed by atoms with Crippen molar-refractivity contribution in [3.05, 3.63) is 70.7 Å². The fourth-order valence-electron chi connectivity index (χ4n) is 3.23. The van der Waals surface area contributed by atoms with Gasteiger partial charge in [0, 0.05) is 30.0 Å². The number of amides is 1. The molecule has 3 rings (SSSR count). The van der Waals surface area contributed by atoms with Crippen LogP contribution in [0.4, 0.5) is 0 Å². The molecule has 0 bridgehead atoms. The smallest absolute Gasteiger partial charge is 0.223 e. The molecule has 2 aromatic carbocycles. The van der Waals surface area contributed by atoms with E-state index in [0.29, 0.717) is 13.0 Å². The van der Waals surface area contributed by atoms with Crippen molar-refractivity contribution in [2.24, 2.45) is 5.92 Å². The van der Waals surface area contributed by atoms with Crippen LogP contribution in [0.3, 0.4) is 0 Å². The molecule has 3 unspecified atom stereocenters. The van der Waals surface area contributed by atoms with Gasteiger partial charge in [-0.05, 0) is 36.0 Å². The van der Waals surface area contributed by atoms with E-state index in [1.54, 1.807) is 0 Å². The van der Waals surface area contributed by atoms with Gasteiger partial charge in [-0.15, -0.1) is 0 Å². The van der Waals surface area contributed by atoms with Crippen molar-refractivity contribution in [1.29, 1.82) is 0 Å². The fourth-order valence-corrected chi connectivity index (χ4v) is 3.50. The highest BCUT2D eigenvalue weighted by Gasteiger charge is 2.44. The zero-order chi connectivity index (χ0) is 16.9. The number of hydrogen-bond donors (Lipinski definition) is 2. The van der Waals surface area contributed by atoms with Crippen molar-refractivity contribution in [2.45, 2.75) is 24.7 Å². The Labute approximate surface area is 147 Å². The van der Waals surface area contributed by atoms with E-state index in [2.05, 4.69) is 5.32 Å². The number of aliphatic hydroxyl groups is 1. The lowest BCUT2D eigenvalue weighted by Gasteiger charge is -2.17. The topological polar surface area (TPSA) is 49.3 Å². The van der Waals surface area contributed by atoms with Crippen LogP contribution < -0.4 is 5.32 Å². The van der Waals surface area contributed by atoms with Gasteiger partial charge in [-0.3, -0.25) is 4.79 Å². The van der Waals surface area contributed by atoms with Crippen LogP contribution in [0, 0.1) is 5.92 Å². The molecule has 0 saturated heterocycles. The van der Waals surface area contributed by atoms with E-state index in [4.69, 9.17) is 11.6 Å². The molecule has 0 radical (unpaired) electrons. The Hall–Kier alpha value is -1.84. The van der Waals surface area contributed by atoms with Crippen LogP contribution in [0.5, 0.6) is 0 Å². The second kappa shape index (κ2) is 7.82. The lowest BCUT2D eigenvalue weighted by Crippen LogP contribution is -2.30. The number of nitrogens with one attached hydrogen (secondary N) is 1.